The third kappa shape index (κ3) is 1.99. The minimum absolute atomic E-state index is 0.0398. The van der Waals surface area contributed by atoms with Crippen molar-refractivity contribution in [3.8, 4) is 0 Å². The van der Waals surface area contributed by atoms with E-state index in [1.807, 2.05) is 6.92 Å². The molecule has 0 aliphatic heterocycles. The van der Waals surface area contributed by atoms with Crippen LogP contribution in [0.2, 0.25) is 0 Å². The molecular weight excluding hydrogens is 152 g/mol. The summed E-state index contributed by atoms with van der Waals surface area (Å²) in [6, 6.07) is 0. The van der Waals surface area contributed by atoms with Gasteiger partial charge in [-0.05, 0) is 25.2 Å². The smallest absolute Gasteiger partial charge is 0.0852 e. The van der Waals surface area contributed by atoms with Crippen LogP contribution in [0.15, 0.2) is 0 Å². The Morgan fingerprint density at radius 3 is 2.75 bits per heavy atom. The van der Waals surface area contributed by atoms with Gasteiger partial charge in [-0.3, -0.25) is 0 Å². The average molecular weight is 172 g/mol. The second-order valence-electron chi connectivity index (χ2n) is 4.32. The molecular formula is C10H20O2. The van der Waals surface area contributed by atoms with E-state index in [-0.39, 0.29) is 17.6 Å². The van der Waals surface area contributed by atoms with Gasteiger partial charge < -0.3 is 9.84 Å². The van der Waals surface area contributed by atoms with Gasteiger partial charge in [-0.1, -0.05) is 20.3 Å². The predicted molar refractivity (Wildman–Crippen MR) is 49.1 cm³/mol. The summed E-state index contributed by atoms with van der Waals surface area (Å²) in [5.74, 6) is 0. The second-order valence-corrected chi connectivity index (χ2v) is 4.32. The highest BCUT2D eigenvalue weighted by Gasteiger charge is 2.37. The minimum atomic E-state index is -0.286. The molecule has 0 amide bonds. The summed E-state index contributed by atoms with van der Waals surface area (Å²) in [4.78, 5) is 0. The van der Waals surface area contributed by atoms with Gasteiger partial charge in [0.2, 0.25) is 0 Å². The molecule has 1 fully saturated rings. The maximum atomic E-state index is 9.90. The SMILES string of the molecule is CCOC1CCCC(C)(C)C1O. The van der Waals surface area contributed by atoms with Crippen LogP contribution in [0.25, 0.3) is 0 Å². The molecule has 0 saturated heterocycles. The first kappa shape index (κ1) is 10.0. The molecule has 0 spiro atoms. The van der Waals surface area contributed by atoms with Gasteiger partial charge in [-0.15, -0.1) is 0 Å². The molecule has 72 valence electrons. The lowest BCUT2D eigenvalue weighted by molar-refractivity contribution is -0.109. The van der Waals surface area contributed by atoms with E-state index in [2.05, 4.69) is 13.8 Å². The summed E-state index contributed by atoms with van der Waals surface area (Å²) < 4.78 is 5.48. The molecule has 2 unspecified atom stereocenters. The summed E-state index contributed by atoms with van der Waals surface area (Å²) in [5.41, 5.74) is 0.0398. The van der Waals surface area contributed by atoms with Gasteiger partial charge in [0.25, 0.3) is 0 Å². The first-order valence-corrected chi connectivity index (χ1v) is 4.87. The van der Waals surface area contributed by atoms with Crippen molar-refractivity contribution in [2.45, 2.75) is 52.2 Å². The molecule has 0 heterocycles. The molecule has 0 radical (unpaired) electrons. The monoisotopic (exact) mass is 172 g/mol. The van der Waals surface area contributed by atoms with Crippen LogP contribution in [0.1, 0.15) is 40.0 Å². The first-order valence-electron chi connectivity index (χ1n) is 4.87. The lowest BCUT2D eigenvalue weighted by Crippen LogP contribution is -2.44. The zero-order valence-corrected chi connectivity index (χ0v) is 8.34. The zero-order chi connectivity index (χ0) is 9.19. The van der Waals surface area contributed by atoms with Crippen LogP contribution in [0.4, 0.5) is 0 Å². The fourth-order valence-electron chi connectivity index (χ4n) is 1.96. The number of rotatable bonds is 2. The summed E-state index contributed by atoms with van der Waals surface area (Å²) in [6.45, 7) is 6.91. The van der Waals surface area contributed by atoms with E-state index < -0.39 is 0 Å². The normalized spacial score (nSPS) is 35.0. The second kappa shape index (κ2) is 3.75. The highest BCUT2D eigenvalue weighted by atomic mass is 16.5. The van der Waals surface area contributed by atoms with E-state index in [0.717, 1.165) is 12.8 Å². The van der Waals surface area contributed by atoms with Crippen molar-refractivity contribution >= 4 is 0 Å². The van der Waals surface area contributed by atoms with Gasteiger partial charge in [-0.2, -0.15) is 0 Å². The number of aliphatic hydroxyl groups is 1. The lowest BCUT2D eigenvalue weighted by atomic mass is 9.73. The van der Waals surface area contributed by atoms with Crippen molar-refractivity contribution in [3.05, 3.63) is 0 Å². The standard InChI is InChI=1S/C10H20O2/c1-4-12-8-6-5-7-10(2,3)9(8)11/h8-9,11H,4-7H2,1-3H3. The van der Waals surface area contributed by atoms with Crippen LogP contribution < -0.4 is 0 Å². The predicted octanol–water partition coefficient (Wildman–Crippen LogP) is 1.96. The number of hydrogen-bond acceptors (Lipinski definition) is 2. The van der Waals surface area contributed by atoms with Gasteiger partial charge >= 0.3 is 0 Å². The Morgan fingerprint density at radius 1 is 1.50 bits per heavy atom. The van der Waals surface area contributed by atoms with E-state index in [1.54, 1.807) is 0 Å². The zero-order valence-electron chi connectivity index (χ0n) is 8.34. The largest absolute Gasteiger partial charge is 0.390 e. The van der Waals surface area contributed by atoms with Crippen LogP contribution in [0.5, 0.6) is 0 Å². The molecule has 2 nitrogen and oxygen atoms in total. The molecule has 1 N–H and O–H groups in total. The van der Waals surface area contributed by atoms with Crippen LogP contribution in [0.3, 0.4) is 0 Å². The van der Waals surface area contributed by atoms with Gasteiger partial charge in [0.05, 0.1) is 12.2 Å². The van der Waals surface area contributed by atoms with E-state index in [4.69, 9.17) is 4.74 Å². The highest BCUT2D eigenvalue weighted by Crippen LogP contribution is 2.36. The Labute approximate surface area is 74.9 Å². The highest BCUT2D eigenvalue weighted by molar-refractivity contribution is 4.88. The van der Waals surface area contributed by atoms with Crippen LogP contribution >= 0.6 is 0 Å². The van der Waals surface area contributed by atoms with Crippen LogP contribution in [0, 0.1) is 5.41 Å². The van der Waals surface area contributed by atoms with E-state index >= 15 is 0 Å². The Balaban J connectivity index is 2.54. The maximum Gasteiger partial charge on any atom is 0.0852 e. The van der Waals surface area contributed by atoms with Crippen molar-refractivity contribution in [2.75, 3.05) is 6.61 Å². The Hall–Kier alpha value is -0.0800. The third-order valence-electron chi connectivity index (χ3n) is 2.84. The van der Waals surface area contributed by atoms with Crippen molar-refractivity contribution in [1.82, 2.24) is 0 Å². The molecule has 1 aliphatic rings. The molecule has 1 saturated carbocycles. The molecule has 0 aromatic heterocycles. The van der Waals surface area contributed by atoms with Gasteiger partial charge in [0.1, 0.15) is 0 Å². The molecule has 12 heavy (non-hydrogen) atoms. The molecule has 0 aromatic rings. The van der Waals surface area contributed by atoms with Crippen LogP contribution in [-0.2, 0) is 4.74 Å². The van der Waals surface area contributed by atoms with E-state index in [1.165, 1.54) is 6.42 Å². The van der Waals surface area contributed by atoms with Crippen molar-refractivity contribution in [2.24, 2.45) is 5.41 Å². The summed E-state index contributed by atoms with van der Waals surface area (Å²) in [5, 5.41) is 9.90. The molecule has 1 rings (SSSR count). The number of ether oxygens (including phenoxy) is 1. The maximum absolute atomic E-state index is 9.90. The molecule has 2 atom stereocenters. The van der Waals surface area contributed by atoms with E-state index in [9.17, 15) is 5.11 Å². The Morgan fingerprint density at radius 2 is 2.17 bits per heavy atom. The number of hydrogen-bond donors (Lipinski definition) is 1. The van der Waals surface area contributed by atoms with Gasteiger partial charge in [0, 0.05) is 6.61 Å². The van der Waals surface area contributed by atoms with Gasteiger partial charge in [0.15, 0.2) is 0 Å². The Bertz CT molecular complexity index is 141. The lowest BCUT2D eigenvalue weighted by Gasteiger charge is -2.40. The quantitative estimate of drug-likeness (QED) is 0.690. The van der Waals surface area contributed by atoms with Crippen molar-refractivity contribution in [3.63, 3.8) is 0 Å². The fourth-order valence-corrected chi connectivity index (χ4v) is 1.96. The van der Waals surface area contributed by atoms with Gasteiger partial charge in [-0.25, -0.2) is 0 Å². The van der Waals surface area contributed by atoms with Crippen molar-refractivity contribution in [1.29, 1.82) is 0 Å². The molecule has 0 aromatic carbocycles. The topological polar surface area (TPSA) is 29.5 Å². The molecule has 2 heteroatoms. The van der Waals surface area contributed by atoms with Crippen molar-refractivity contribution < 1.29 is 9.84 Å². The summed E-state index contributed by atoms with van der Waals surface area (Å²) >= 11 is 0. The summed E-state index contributed by atoms with van der Waals surface area (Å²) in [6.07, 6.45) is 3.08. The van der Waals surface area contributed by atoms with E-state index in [0.29, 0.717) is 6.61 Å². The minimum Gasteiger partial charge on any atom is -0.390 e. The fraction of sp³-hybridized carbons (Fsp3) is 1.00. The average Bonchev–Trinajstić information content (AvgIpc) is 1.99. The first-order chi connectivity index (χ1) is 5.58. The Kier molecular flexibility index (Phi) is 3.13. The van der Waals surface area contributed by atoms with Crippen LogP contribution in [-0.4, -0.2) is 23.9 Å². The molecule has 1 aliphatic carbocycles. The summed E-state index contributed by atoms with van der Waals surface area (Å²) in [7, 11) is 0. The third-order valence-corrected chi connectivity index (χ3v) is 2.84. The number of aliphatic hydroxyl groups excluding tert-OH is 1. The molecule has 0 bridgehead atoms.